The summed E-state index contributed by atoms with van der Waals surface area (Å²) in [6, 6.07) is 47.7. The van der Waals surface area contributed by atoms with Crippen molar-refractivity contribution in [1.82, 2.24) is 75.6 Å². The third-order valence-electron chi connectivity index (χ3n) is 9.09. The van der Waals surface area contributed by atoms with Crippen LogP contribution in [0, 0.1) is 0 Å². The van der Waals surface area contributed by atoms with Gasteiger partial charge in [0.25, 0.3) is 0 Å². The highest BCUT2D eigenvalue weighted by Crippen LogP contribution is 2.20. The second kappa shape index (κ2) is 21.0. The van der Waals surface area contributed by atoms with Gasteiger partial charge in [0, 0.05) is 43.5 Å². The number of benzene rings is 4. The Labute approximate surface area is 382 Å². The first-order valence-electron chi connectivity index (χ1n) is 20.2. The van der Waals surface area contributed by atoms with Gasteiger partial charge in [-0.15, -0.1) is 45.0 Å². The lowest BCUT2D eigenvalue weighted by molar-refractivity contribution is -0.114. The first kappa shape index (κ1) is 44.4. The maximum Gasteiger partial charge on any atom is 0.223 e. The number of tetrazole rings is 3. The number of aromatic nitrogens is 15. The van der Waals surface area contributed by atoms with Gasteiger partial charge in [-0.3, -0.25) is 19.7 Å². The number of carbonyl (C=O) groups excluding carboxylic acids is 1. The van der Waals surface area contributed by atoms with Crippen molar-refractivity contribution in [3.63, 3.8) is 0 Å². The van der Waals surface area contributed by atoms with E-state index in [-0.39, 0.29) is 10.8 Å². The molecular formula is C46H38N16O4S. The zero-order valence-electron chi connectivity index (χ0n) is 35.7. The number of nitrogens with zero attached hydrogens (tertiary/aromatic N) is 15. The van der Waals surface area contributed by atoms with Crippen molar-refractivity contribution in [1.29, 1.82) is 0 Å². The van der Waals surface area contributed by atoms with Crippen LogP contribution in [0.3, 0.4) is 0 Å². The molecule has 0 fully saturated rings. The molecule has 0 aliphatic heterocycles. The Morgan fingerprint density at radius 2 is 1.00 bits per heavy atom. The van der Waals surface area contributed by atoms with Crippen molar-refractivity contribution in [2.75, 3.05) is 11.6 Å². The van der Waals surface area contributed by atoms with Crippen molar-refractivity contribution in [3.05, 3.63) is 182 Å². The van der Waals surface area contributed by atoms with E-state index in [4.69, 9.17) is 4.74 Å². The summed E-state index contributed by atoms with van der Waals surface area (Å²) >= 11 is 0. The molecule has 0 saturated heterocycles. The molecule has 20 nitrogen and oxygen atoms in total. The molecule has 1 amide bonds. The van der Waals surface area contributed by atoms with Crippen LogP contribution in [0.5, 0.6) is 5.75 Å². The summed E-state index contributed by atoms with van der Waals surface area (Å²) in [5.41, 5.74) is 5.74. The van der Waals surface area contributed by atoms with E-state index in [1.807, 2.05) is 109 Å². The van der Waals surface area contributed by atoms with E-state index >= 15 is 0 Å². The molecule has 0 bridgehead atoms. The minimum atomic E-state index is -3.28. The van der Waals surface area contributed by atoms with Gasteiger partial charge >= 0.3 is 0 Å². The SMILES string of the molecule is CC(=O)Nc1cccc(-n2nnc(-c3ccccn3)n2)c1.CS(=O)(=O)c1cccc(-n2nnc(-c3ccccn3)n2)c1.c1ccc(COc2cccc(-n3nnc(-c4ccccn4)n3)c2)cc1. The first-order valence-corrected chi connectivity index (χ1v) is 22.1. The third-order valence-corrected chi connectivity index (χ3v) is 10.2. The van der Waals surface area contributed by atoms with Gasteiger partial charge in [-0.2, -0.15) is 0 Å². The summed E-state index contributed by atoms with van der Waals surface area (Å²) in [6.45, 7) is 1.97. The highest BCUT2D eigenvalue weighted by molar-refractivity contribution is 7.90. The van der Waals surface area contributed by atoms with Crippen LogP contribution in [0.25, 0.3) is 51.6 Å². The van der Waals surface area contributed by atoms with Crippen molar-refractivity contribution in [2.45, 2.75) is 18.4 Å². The van der Waals surface area contributed by atoms with Gasteiger partial charge in [-0.25, -0.2) is 8.42 Å². The molecule has 0 aliphatic rings. The normalized spacial score (nSPS) is 10.8. The number of hydrogen-bond acceptors (Lipinski definition) is 16. The zero-order valence-corrected chi connectivity index (χ0v) is 36.5. The lowest BCUT2D eigenvalue weighted by atomic mass is 10.2. The summed E-state index contributed by atoms with van der Waals surface area (Å²) in [7, 11) is -3.28. The molecule has 4 aromatic carbocycles. The van der Waals surface area contributed by atoms with Gasteiger partial charge in [0.2, 0.25) is 23.4 Å². The molecule has 0 saturated carbocycles. The van der Waals surface area contributed by atoms with Gasteiger partial charge in [0.1, 0.15) is 29.4 Å². The molecule has 0 unspecified atom stereocenters. The Bertz CT molecular complexity index is 3300. The highest BCUT2D eigenvalue weighted by atomic mass is 32.2. The van der Waals surface area contributed by atoms with E-state index in [1.165, 1.54) is 33.4 Å². The minimum Gasteiger partial charge on any atom is -0.489 e. The summed E-state index contributed by atoms with van der Waals surface area (Å²) in [6.07, 6.45) is 6.17. The van der Waals surface area contributed by atoms with Crippen LogP contribution in [0.1, 0.15) is 12.5 Å². The summed E-state index contributed by atoms with van der Waals surface area (Å²) in [4.78, 5) is 28.0. The van der Waals surface area contributed by atoms with Gasteiger partial charge < -0.3 is 10.1 Å². The molecule has 10 aromatic rings. The number of rotatable bonds is 11. The fourth-order valence-corrected chi connectivity index (χ4v) is 6.61. The maximum absolute atomic E-state index is 11.6. The molecule has 6 heterocycles. The first-order chi connectivity index (χ1) is 32.6. The van der Waals surface area contributed by atoms with Crippen LogP contribution >= 0.6 is 0 Å². The molecule has 6 aromatic heterocycles. The van der Waals surface area contributed by atoms with Crippen LogP contribution in [0.4, 0.5) is 5.69 Å². The second-order valence-corrected chi connectivity index (χ2v) is 16.1. The number of carbonyl (C=O) groups is 1. The second-order valence-electron chi connectivity index (χ2n) is 14.1. The monoisotopic (exact) mass is 910 g/mol. The van der Waals surface area contributed by atoms with Crippen LogP contribution in [0.2, 0.25) is 0 Å². The van der Waals surface area contributed by atoms with Gasteiger partial charge in [-0.05, 0) is 106 Å². The fraction of sp³-hybridized carbons (Fsp3) is 0.0652. The molecule has 0 spiro atoms. The quantitative estimate of drug-likeness (QED) is 0.154. The van der Waals surface area contributed by atoms with Crippen LogP contribution < -0.4 is 10.1 Å². The molecule has 0 atom stereocenters. The Morgan fingerprint density at radius 3 is 1.48 bits per heavy atom. The summed E-state index contributed by atoms with van der Waals surface area (Å²) in [5, 5.41) is 39.6. The van der Waals surface area contributed by atoms with E-state index in [1.54, 1.807) is 55.0 Å². The molecule has 0 radical (unpaired) electrons. The van der Waals surface area contributed by atoms with Gasteiger partial charge in [0.05, 0.1) is 22.0 Å². The smallest absolute Gasteiger partial charge is 0.223 e. The van der Waals surface area contributed by atoms with Crippen molar-refractivity contribution < 1.29 is 17.9 Å². The number of hydrogen-bond donors (Lipinski definition) is 1. The van der Waals surface area contributed by atoms with E-state index in [9.17, 15) is 13.2 Å². The molecular weight excluding hydrogens is 873 g/mol. The topological polar surface area (TPSA) is 242 Å². The Hall–Kier alpha value is -9.24. The number of ether oxygens (including phenoxy) is 1. The molecule has 332 valence electrons. The van der Waals surface area contributed by atoms with E-state index in [0.717, 1.165) is 23.3 Å². The third kappa shape index (κ3) is 12.1. The average molecular weight is 911 g/mol. The average Bonchev–Trinajstić information content (AvgIpc) is 4.18. The lowest BCUT2D eigenvalue weighted by Gasteiger charge is -2.07. The van der Waals surface area contributed by atoms with Crippen molar-refractivity contribution >= 4 is 21.4 Å². The fourth-order valence-electron chi connectivity index (χ4n) is 5.95. The molecule has 21 heteroatoms. The van der Waals surface area contributed by atoms with Crippen molar-refractivity contribution in [2.24, 2.45) is 0 Å². The molecule has 0 aliphatic carbocycles. The standard InChI is InChI=1S/C19H15N5O.C14H12N6O.C13H11N5O2S/c1-2-7-15(8-3-1)14-25-17-10-6-9-16(13-17)24-22-19(21-23-24)18-11-4-5-12-20-18;1-10(21)16-11-5-4-6-12(9-11)20-18-14(17-19-20)13-7-2-3-8-15-13;1-21(19,20)11-6-4-5-10(9-11)18-16-13(15-17-18)12-7-2-3-8-14-12/h1-13H,14H2;2-9H,1H3,(H,16,21);2-9H,1H3. The Balaban J connectivity index is 0.000000137. The van der Waals surface area contributed by atoms with Crippen LogP contribution in [-0.4, -0.2) is 96.2 Å². The number of pyridine rings is 3. The Morgan fingerprint density at radius 1 is 0.537 bits per heavy atom. The van der Waals surface area contributed by atoms with Crippen LogP contribution in [-0.2, 0) is 21.2 Å². The molecule has 10 rings (SSSR count). The van der Waals surface area contributed by atoms with E-state index in [0.29, 0.717) is 58.2 Å². The van der Waals surface area contributed by atoms with Gasteiger partial charge in [-0.1, -0.05) is 66.7 Å². The number of amides is 1. The largest absolute Gasteiger partial charge is 0.489 e. The lowest BCUT2D eigenvalue weighted by Crippen LogP contribution is -2.07. The van der Waals surface area contributed by atoms with E-state index in [2.05, 4.69) is 66.5 Å². The number of nitrogens with one attached hydrogen (secondary N) is 1. The Kier molecular flexibility index (Phi) is 13.9. The number of anilines is 1. The number of sulfone groups is 1. The van der Waals surface area contributed by atoms with Crippen molar-refractivity contribution in [3.8, 4) is 57.4 Å². The maximum atomic E-state index is 11.6. The highest BCUT2D eigenvalue weighted by Gasteiger charge is 2.13. The summed E-state index contributed by atoms with van der Waals surface area (Å²) in [5.74, 6) is 1.92. The zero-order chi connectivity index (χ0) is 46.4. The minimum absolute atomic E-state index is 0.132. The van der Waals surface area contributed by atoms with Crippen LogP contribution in [0.15, 0.2) is 181 Å². The molecule has 67 heavy (non-hydrogen) atoms. The van der Waals surface area contributed by atoms with Gasteiger partial charge in [0.15, 0.2) is 9.84 Å². The van der Waals surface area contributed by atoms with E-state index < -0.39 is 9.84 Å². The predicted molar refractivity (Wildman–Crippen MR) is 245 cm³/mol. The molecule has 1 N–H and O–H groups in total. The predicted octanol–water partition coefficient (Wildman–Crippen LogP) is 6.11. The summed E-state index contributed by atoms with van der Waals surface area (Å²) < 4.78 is 29.0.